The van der Waals surface area contributed by atoms with Gasteiger partial charge in [-0.1, -0.05) is 0 Å². The highest BCUT2D eigenvalue weighted by Gasteiger charge is 2.10. The van der Waals surface area contributed by atoms with Gasteiger partial charge in [0.05, 0.1) is 6.61 Å². The molecule has 5 heteroatoms. The van der Waals surface area contributed by atoms with Crippen molar-refractivity contribution in [2.45, 2.75) is 5.92 Å². The number of hydrogen-bond acceptors (Lipinski definition) is 5. The van der Waals surface area contributed by atoms with Gasteiger partial charge in [0.2, 0.25) is 0 Å². The number of rotatable bonds is 3. The summed E-state index contributed by atoms with van der Waals surface area (Å²) in [7, 11) is 0. The lowest BCUT2D eigenvalue weighted by molar-refractivity contribution is 0.267. The largest absolute Gasteiger partial charge is 0.396 e. The van der Waals surface area contributed by atoms with Gasteiger partial charge in [0.25, 0.3) is 0 Å². The molecular formula is C5H9N3OS. The molecule has 4 nitrogen and oxygen atoms in total. The van der Waals surface area contributed by atoms with Crippen molar-refractivity contribution in [3.63, 3.8) is 0 Å². The minimum atomic E-state index is -0.0347. The van der Waals surface area contributed by atoms with E-state index in [4.69, 9.17) is 10.8 Å². The average Bonchev–Trinajstić information content (AvgIpc) is 2.43. The molecule has 56 valence electrons. The molecule has 1 aromatic rings. The summed E-state index contributed by atoms with van der Waals surface area (Å²) < 4.78 is 3.80. The first kappa shape index (κ1) is 7.59. The summed E-state index contributed by atoms with van der Waals surface area (Å²) >= 11 is 1.28. The molecule has 1 unspecified atom stereocenters. The molecule has 0 aliphatic heterocycles. The van der Waals surface area contributed by atoms with Crippen LogP contribution in [-0.4, -0.2) is 27.6 Å². The second-order valence-corrected chi connectivity index (χ2v) is 2.71. The molecule has 10 heavy (non-hydrogen) atoms. The van der Waals surface area contributed by atoms with Crippen LogP contribution in [0.5, 0.6) is 0 Å². The third-order valence-electron chi connectivity index (χ3n) is 1.23. The third-order valence-corrected chi connectivity index (χ3v) is 2.06. The van der Waals surface area contributed by atoms with Crippen LogP contribution in [-0.2, 0) is 0 Å². The van der Waals surface area contributed by atoms with Crippen molar-refractivity contribution in [1.82, 2.24) is 9.36 Å². The van der Waals surface area contributed by atoms with Gasteiger partial charge in [-0.15, -0.1) is 0 Å². The Morgan fingerprint density at radius 1 is 1.80 bits per heavy atom. The van der Waals surface area contributed by atoms with Crippen LogP contribution in [0.25, 0.3) is 0 Å². The molecular weight excluding hydrogens is 150 g/mol. The zero-order chi connectivity index (χ0) is 7.40. The molecule has 0 radical (unpaired) electrons. The van der Waals surface area contributed by atoms with Gasteiger partial charge in [-0.2, -0.15) is 4.37 Å². The quantitative estimate of drug-likeness (QED) is 0.628. The van der Waals surface area contributed by atoms with Crippen molar-refractivity contribution < 1.29 is 5.11 Å². The molecule has 1 atom stereocenters. The van der Waals surface area contributed by atoms with Crippen LogP contribution in [0.4, 0.5) is 0 Å². The van der Waals surface area contributed by atoms with Crippen LogP contribution < -0.4 is 5.73 Å². The van der Waals surface area contributed by atoms with Gasteiger partial charge in [-0.05, 0) is 11.5 Å². The van der Waals surface area contributed by atoms with E-state index in [1.54, 1.807) is 0 Å². The minimum Gasteiger partial charge on any atom is -0.396 e. The summed E-state index contributed by atoms with van der Waals surface area (Å²) in [6.07, 6.45) is 1.47. The Balaban J connectivity index is 2.64. The number of hydrogen-bond donors (Lipinski definition) is 2. The second-order valence-electron chi connectivity index (χ2n) is 1.89. The predicted molar refractivity (Wildman–Crippen MR) is 38.8 cm³/mol. The Labute approximate surface area is 62.9 Å². The lowest BCUT2D eigenvalue weighted by atomic mass is 10.2. The molecule has 0 spiro atoms. The monoisotopic (exact) mass is 159 g/mol. The number of nitrogens with two attached hydrogens (primary N) is 1. The van der Waals surface area contributed by atoms with Crippen molar-refractivity contribution in [1.29, 1.82) is 0 Å². The van der Waals surface area contributed by atoms with E-state index in [-0.39, 0.29) is 12.5 Å². The fourth-order valence-electron chi connectivity index (χ4n) is 0.615. The van der Waals surface area contributed by atoms with Gasteiger partial charge in [0.1, 0.15) is 11.3 Å². The third kappa shape index (κ3) is 1.50. The lowest BCUT2D eigenvalue weighted by Crippen LogP contribution is -2.15. The topological polar surface area (TPSA) is 72.0 Å². The Kier molecular flexibility index (Phi) is 2.73. The Morgan fingerprint density at radius 2 is 2.60 bits per heavy atom. The van der Waals surface area contributed by atoms with E-state index in [0.717, 1.165) is 5.01 Å². The van der Waals surface area contributed by atoms with Gasteiger partial charge in [0, 0.05) is 12.5 Å². The summed E-state index contributed by atoms with van der Waals surface area (Å²) in [4.78, 5) is 3.93. The summed E-state index contributed by atoms with van der Waals surface area (Å²) in [5.74, 6) is -0.0347. The number of aromatic nitrogens is 2. The normalized spacial score (nSPS) is 13.4. The number of nitrogens with zero attached hydrogens (tertiary/aromatic N) is 2. The van der Waals surface area contributed by atoms with Crippen LogP contribution >= 0.6 is 11.5 Å². The van der Waals surface area contributed by atoms with Crippen molar-refractivity contribution in [2.75, 3.05) is 13.2 Å². The van der Waals surface area contributed by atoms with Crippen molar-refractivity contribution >= 4 is 11.5 Å². The summed E-state index contributed by atoms with van der Waals surface area (Å²) in [6.45, 7) is 0.470. The smallest absolute Gasteiger partial charge is 0.129 e. The van der Waals surface area contributed by atoms with E-state index in [1.165, 1.54) is 17.9 Å². The first-order chi connectivity index (χ1) is 4.88. The maximum absolute atomic E-state index is 8.76. The van der Waals surface area contributed by atoms with Crippen LogP contribution in [0.15, 0.2) is 6.33 Å². The van der Waals surface area contributed by atoms with Gasteiger partial charge >= 0.3 is 0 Å². The molecule has 0 fully saturated rings. The van der Waals surface area contributed by atoms with E-state index in [9.17, 15) is 0 Å². The first-order valence-corrected chi connectivity index (χ1v) is 3.73. The predicted octanol–water partition coefficient (Wildman–Crippen LogP) is -0.427. The Hall–Kier alpha value is -0.520. The molecule has 0 saturated heterocycles. The standard InChI is InChI=1S/C5H9N3OS/c6-1-4(2-9)5-7-3-8-10-5/h3-4,9H,1-2,6H2. The maximum atomic E-state index is 8.76. The number of aliphatic hydroxyl groups excluding tert-OH is 1. The maximum Gasteiger partial charge on any atom is 0.129 e. The second kappa shape index (κ2) is 3.60. The van der Waals surface area contributed by atoms with Crippen molar-refractivity contribution in [3.8, 4) is 0 Å². The van der Waals surface area contributed by atoms with Gasteiger partial charge in [-0.3, -0.25) is 0 Å². The Morgan fingerprint density at radius 3 is 3.00 bits per heavy atom. The summed E-state index contributed by atoms with van der Waals surface area (Å²) in [5.41, 5.74) is 5.35. The molecule has 1 heterocycles. The van der Waals surface area contributed by atoms with Gasteiger partial charge in [-0.25, -0.2) is 4.98 Å². The van der Waals surface area contributed by atoms with Crippen LogP contribution in [0, 0.1) is 0 Å². The van der Waals surface area contributed by atoms with Gasteiger partial charge < -0.3 is 10.8 Å². The van der Waals surface area contributed by atoms with Crippen molar-refractivity contribution in [3.05, 3.63) is 11.3 Å². The molecule has 0 aromatic carbocycles. The average molecular weight is 159 g/mol. The summed E-state index contributed by atoms with van der Waals surface area (Å²) in [5, 5.41) is 9.57. The molecule has 0 amide bonds. The number of aliphatic hydroxyl groups is 1. The molecule has 3 N–H and O–H groups in total. The molecule has 1 aromatic heterocycles. The zero-order valence-electron chi connectivity index (χ0n) is 5.40. The van der Waals surface area contributed by atoms with Gasteiger partial charge in [0.15, 0.2) is 0 Å². The van der Waals surface area contributed by atoms with Crippen molar-refractivity contribution in [2.24, 2.45) is 5.73 Å². The van der Waals surface area contributed by atoms with E-state index in [2.05, 4.69) is 9.36 Å². The van der Waals surface area contributed by atoms with Crippen LogP contribution in [0.1, 0.15) is 10.9 Å². The molecule has 0 aliphatic carbocycles. The highest BCUT2D eigenvalue weighted by molar-refractivity contribution is 7.05. The highest BCUT2D eigenvalue weighted by atomic mass is 32.1. The van der Waals surface area contributed by atoms with E-state index < -0.39 is 0 Å². The highest BCUT2D eigenvalue weighted by Crippen LogP contribution is 2.13. The lowest BCUT2D eigenvalue weighted by Gasteiger charge is -2.04. The van der Waals surface area contributed by atoms with Crippen LogP contribution in [0.2, 0.25) is 0 Å². The Bertz CT molecular complexity index is 173. The minimum absolute atomic E-state index is 0.0347. The molecule has 0 aliphatic rings. The summed E-state index contributed by atoms with van der Waals surface area (Å²) in [6, 6.07) is 0. The molecule has 0 saturated carbocycles. The SMILES string of the molecule is NCC(CO)c1ncns1. The van der Waals surface area contributed by atoms with E-state index in [0.29, 0.717) is 6.54 Å². The van der Waals surface area contributed by atoms with E-state index >= 15 is 0 Å². The van der Waals surface area contributed by atoms with E-state index in [1.807, 2.05) is 0 Å². The molecule has 1 rings (SSSR count). The fraction of sp³-hybridized carbons (Fsp3) is 0.600. The zero-order valence-corrected chi connectivity index (χ0v) is 6.21. The first-order valence-electron chi connectivity index (χ1n) is 2.96. The fourth-order valence-corrected chi connectivity index (χ4v) is 1.23. The molecule has 0 bridgehead atoms. The van der Waals surface area contributed by atoms with Crippen LogP contribution in [0.3, 0.4) is 0 Å².